The molecule has 0 aliphatic carbocycles. The van der Waals surface area contributed by atoms with Gasteiger partial charge in [-0.1, -0.05) is 12.1 Å². The third kappa shape index (κ3) is 3.69. The SMILES string of the molecule is CCOc1cc(C2/C(=C(\O)c3ccc4c(c3)OCO4)C(=O)C(=O)N2c2nc3ccc(C)cc3[nH]2)ccc1O. The number of aliphatic hydroxyl groups is 1. The number of aromatic hydroxyl groups is 1. The number of phenolic OH excluding ortho intramolecular Hbond substituents is 1. The van der Waals surface area contributed by atoms with Crippen molar-refractivity contribution in [3.63, 3.8) is 0 Å². The molecule has 38 heavy (non-hydrogen) atoms. The summed E-state index contributed by atoms with van der Waals surface area (Å²) in [7, 11) is 0. The average Bonchev–Trinajstić information content (AvgIpc) is 3.61. The predicted octanol–water partition coefficient (Wildman–Crippen LogP) is 4.33. The number of aromatic nitrogens is 2. The van der Waals surface area contributed by atoms with Gasteiger partial charge in [-0.2, -0.15) is 0 Å². The van der Waals surface area contributed by atoms with E-state index in [1.807, 2.05) is 25.1 Å². The number of benzene rings is 3. The Morgan fingerprint density at radius 2 is 1.92 bits per heavy atom. The number of carbonyl (C=O) groups excluding carboxylic acids is 2. The van der Waals surface area contributed by atoms with Gasteiger partial charge in [0.15, 0.2) is 23.0 Å². The molecule has 1 saturated heterocycles. The second kappa shape index (κ2) is 8.84. The number of hydrogen-bond donors (Lipinski definition) is 3. The van der Waals surface area contributed by atoms with Crippen molar-refractivity contribution in [2.24, 2.45) is 0 Å². The number of Topliss-reactive ketones (excluding diaryl/α,β-unsaturated/α-hetero) is 1. The summed E-state index contributed by atoms with van der Waals surface area (Å²) in [5.41, 5.74) is 2.87. The molecule has 10 heteroatoms. The molecule has 3 heterocycles. The Labute approximate surface area is 216 Å². The van der Waals surface area contributed by atoms with Gasteiger partial charge in [-0.3, -0.25) is 14.5 Å². The molecule has 1 atom stereocenters. The van der Waals surface area contributed by atoms with Gasteiger partial charge in [-0.15, -0.1) is 0 Å². The molecule has 6 rings (SSSR count). The number of ether oxygens (including phenoxy) is 3. The minimum Gasteiger partial charge on any atom is -0.507 e. The van der Waals surface area contributed by atoms with E-state index in [-0.39, 0.29) is 47.7 Å². The summed E-state index contributed by atoms with van der Waals surface area (Å²) < 4.78 is 16.3. The molecule has 1 unspecified atom stereocenters. The number of imidazole rings is 1. The number of nitrogens with zero attached hydrogens (tertiary/aromatic N) is 2. The lowest BCUT2D eigenvalue weighted by atomic mass is 9.95. The minimum absolute atomic E-state index is 0.0448. The largest absolute Gasteiger partial charge is 0.507 e. The monoisotopic (exact) mass is 513 g/mol. The van der Waals surface area contributed by atoms with Gasteiger partial charge in [-0.05, 0) is 67.4 Å². The smallest absolute Gasteiger partial charge is 0.302 e. The van der Waals surface area contributed by atoms with E-state index in [4.69, 9.17) is 14.2 Å². The number of phenols is 1. The molecular formula is C28H23N3O7. The number of amides is 1. The van der Waals surface area contributed by atoms with Crippen LogP contribution in [-0.2, 0) is 9.59 Å². The van der Waals surface area contributed by atoms with Crippen molar-refractivity contribution in [3.8, 4) is 23.0 Å². The standard InChI is InChI=1S/C28H23N3O7/c1-3-36-21-11-15(5-8-19(21)32)24-23(25(33)16-6-9-20-22(12-16)38-13-37-20)26(34)27(35)31(24)28-29-17-7-4-14(2)10-18(17)30-28/h4-12,24,32-33H,3,13H2,1-2H3,(H,29,30)/b25-23+. The van der Waals surface area contributed by atoms with Crippen LogP contribution in [0.15, 0.2) is 60.2 Å². The molecule has 1 aromatic heterocycles. The van der Waals surface area contributed by atoms with Gasteiger partial charge in [0.2, 0.25) is 12.7 Å². The van der Waals surface area contributed by atoms with Gasteiger partial charge in [-0.25, -0.2) is 4.98 Å². The van der Waals surface area contributed by atoms with Crippen LogP contribution in [0.4, 0.5) is 5.95 Å². The zero-order valence-corrected chi connectivity index (χ0v) is 20.5. The number of aromatic amines is 1. The van der Waals surface area contributed by atoms with Crippen molar-refractivity contribution in [1.29, 1.82) is 0 Å². The van der Waals surface area contributed by atoms with Crippen LogP contribution in [0.5, 0.6) is 23.0 Å². The Morgan fingerprint density at radius 3 is 2.74 bits per heavy atom. The Hall–Kier alpha value is -4.99. The van der Waals surface area contributed by atoms with Crippen LogP contribution < -0.4 is 19.1 Å². The molecule has 4 aromatic rings. The number of anilines is 1. The highest BCUT2D eigenvalue weighted by atomic mass is 16.7. The summed E-state index contributed by atoms with van der Waals surface area (Å²) >= 11 is 0. The molecule has 3 aromatic carbocycles. The van der Waals surface area contributed by atoms with E-state index in [0.29, 0.717) is 28.1 Å². The van der Waals surface area contributed by atoms with Crippen molar-refractivity contribution >= 4 is 34.4 Å². The normalized spacial score (nSPS) is 17.9. The van der Waals surface area contributed by atoms with E-state index < -0.39 is 17.7 Å². The van der Waals surface area contributed by atoms with Crippen LogP contribution in [0, 0.1) is 6.92 Å². The van der Waals surface area contributed by atoms with Crippen LogP contribution in [0.3, 0.4) is 0 Å². The van der Waals surface area contributed by atoms with E-state index in [2.05, 4.69) is 9.97 Å². The average molecular weight is 514 g/mol. The highest BCUT2D eigenvalue weighted by Gasteiger charge is 2.48. The number of rotatable bonds is 5. The van der Waals surface area contributed by atoms with E-state index >= 15 is 0 Å². The van der Waals surface area contributed by atoms with Gasteiger partial charge >= 0.3 is 5.91 Å². The number of aryl methyl sites for hydroxylation is 1. The molecule has 3 N–H and O–H groups in total. The van der Waals surface area contributed by atoms with E-state index in [9.17, 15) is 19.8 Å². The quantitative estimate of drug-likeness (QED) is 0.204. The number of hydrogen-bond acceptors (Lipinski definition) is 8. The van der Waals surface area contributed by atoms with Crippen molar-refractivity contribution < 1.29 is 34.0 Å². The fraction of sp³-hybridized carbons (Fsp3) is 0.179. The lowest BCUT2D eigenvalue weighted by Crippen LogP contribution is -2.30. The number of aliphatic hydroxyl groups excluding tert-OH is 1. The third-order valence-electron chi connectivity index (χ3n) is 6.54. The van der Waals surface area contributed by atoms with Crippen LogP contribution >= 0.6 is 0 Å². The van der Waals surface area contributed by atoms with Gasteiger partial charge in [0.1, 0.15) is 5.76 Å². The zero-order chi connectivity index (χ0) is 26.6. The first kappa shape index (κ1) is 23.4. The summed E-state index contributed by atoms with van der Waals surface area (Å²) in [6.07, 6.45) is 0. The highest BCUT2D eigenvalue weighted by Crippen LogP contribution is 2.44. The number of carbonyl (C=O) groups is 2. The molecule has 0 radical (unpaired) electrons. The van der Waals surface area contributed by atoms with E-state index in [1.165, 1.54) is 11.0 Å². The Bertz CT molecular complexity index is 1660. The molecule has 0 saturated carbocycles. The number of ketones is 1. The first-order chi connectivity index (χ1) is 18.4. The lowest BCUT2D eigenvalue weighted by molar-refractivity contribution is -0.132. The Kier molecular flexibility index (Phi) is 5.45. The van der Waals surface area contributed by atoms with Crippen LogP contribution in [0.2, 0.25) is 0 Å². The van der Waals surface area contributed by atoms with Gasteiger partial charge in [0, 0.05) is 5.56 Å². The third-order valence-corrected chi connectivity index (χ3v) is 6.54. The first-order valence-electron chi connectivity index (χ1n) is 12.0. The summed E-state index contributed by atoms with van der Waals surface area (Å²) in [6, 6.07) is 13.8. The maximum Gasteiger partial charge on any atom is 0.302 e. The van der Waals surface area contributed by atoms with Gasteiger partial charge < -0.3 is 29.4 Å². The Morgan fingerprint density at radius 1 is 1.11 bits per heavy atom. The lowest BCUT2D eigenvalue weighted by Gasteiger charge is -2.23. The summed E-state index contributed by atoms with van der Waals surface area (Å²) in [4.78, 5) is 35.9. The number of fused-ring (bicyclic) bond motifs is 2. The molecule has 2 aliphatic heterocycles. The molecule has 1 fully saturated rings. The van der Waals surface area contributed by atoms with Crippen LogP contribution in [0.1, 0.15) is 29.7 Å². The summed E-state index contributed by atoms with van der Waals surface area (Å²) in [5.74, 6) is -0.972. The van der Waals surface area contributed by atoms with Crippen molar-refractivity contribution in [2.75, 3.05) is 18.3 Å². The summed E-state index contributed by atoms with van der Waals surface area (Å²) in [5, 5.41) is 21.7. The second-order valence-electron chi connectivity index (χ2n) is 8.98. The van der Waals surface area contributed by atoms with Crippen molar-refractivity contribution in [3.05, 3.63) is 76.9 Å². The fourth-order valence-electron chi connectivity index (χ4n) is 4.76. The Balaban J connectivity index is 1.56. The van der Waals surface area contributed by atoms with E-state index in [0.717, 1.165) is 5.56 Å². The molecule has 0 spiro atoms. The van der Waals surface area contributed by atoms with Crippen molar-refractivity contribution in [2.45, 2.75) is 19.9 Å². The molecular weight excluding hydrogens is 490 g/mol. The van der Waals surface area contributed by atoms with Crippen molar-refractivity contribution in [1.82, 2.24) is 9.97 Å². The highest BCUT2D eigenvalue weighted by molar-refractivity contribution is 6.51. The molecule has 192 valence electrons. The zero-order valence-electron chi connectivity index (χ0n) is 20.5. The molecule has 2 aliphatic rings. The van der Waals surface area contributed by atoms with E-state index in [1.54, 1.807) is 37.3 Å². The maximum absolute atomic E-state index is 13.5. The number of H-pyrrole nitrogens is 1. The molecule has 10 nitrogen and oxygen atoms in total. The predicted molar refractivity (Wildman–Crippen MR) is 137 cm³/mol. The first-order valence-corrected chi connectivity index (χ1v) is 12.0. The molecule has 1 amide bonds. The minimum atomic E-state index is -1.07. The van der Waals surface area contributed by atoms with Gasteiger partial charge in [0.05, 0.1) is 29.3 Å². The topological polar surface area (TPSA) is 134 Å². The van der Waals surface area contributed by atoms with Crippen LogP contribution in [-0.4, -0.2) is 45.3 Å². The molecule has 0 bridgehead atoms. The number of nitrogens with one attached hydrogen (secondary N) is 1. The maximum atomic E-state index is 13.5. The van der Waals surface area contributed by atoms with Gasteiger partial charge in [0.25, 0.3) is 5.78 Å². The summed E-state index contributed by atoms with van der Waals surface area (Å²) in [6.45, 7) is 4.04. The van der Waals surface area contributed by atoms with Crippen LogP contribution in [0.25, 0.3) is 16.8 Å². The second-order valence-corrected chi connectivity index (χ2v) is 8.98. The fourth-order valence-corrected chi connectivity index (χ4v) is 4.76.